The van der Waals surface area contributed by atoms with Crippen LogP contribution in [-0.2, 0) is 23.0 Å². The van der Waals surface area contributed by atoms with Gasteiger partial charge in [0.1, 0.15) is 18.7 Å². The largest absolute Gasteiger partial charge is 0.492 e. The van der Waals surface area contributed by atoms with Gasteiger partial charge in [0.2, 0.25) is 0 Å². The van der Waals surface area contributed by atoms with Gasteiger partial charge >= 0.3 is 0 Å². The molecule has 0 saturated carbocycles. The highest BCUT2D eigenvalue weighted by molar-refractivity contribution is 7.98. The molecule has 0 spiro atoms. The highest BCUT2D eigenvalue weighted by Crippen LogP contribution is 2.37. The quantitative estimate of drug-likeness (QED) is 0.145. The van der Waals surface area contributed by atoms with Crippen LogP contribution in [0.3, 0.4) is 0 Å². The van der Waals surface area contributed by atoms with E-state index < -0.39 is 15.9 Å². The lowest BCUT2D eigenvalue weighted by molar-refractivity contribution is 0.0981. The Labute approximate surface area is 319 Å². The molecule has 12 heteroatoms. The zero-order valence-electron chi connectivity index (χ0n) is 28.9. The van der Waals surface area contributed by atoms with Crippen LogP contribution in [0.4, 0.5) is 11.4 Å². The van der Waals surface area contributed by atoms with Crippen molar-refractivity contribution in [2.45, 2.75) is 35.2 Å². The third kappa shape index (κ3) is 7.79. The van der Waals surface area contributed by atoms with Gasteiger partial charge in [-0.3, -0.25) is 9.69 Å². The summed E-state index contributed by atoms with van der Waals surface area (Å²) in [6, 6.07) is 36.8. The number of nitrogens with zero attached hydrogens (tertiary/aromatic N) is 4. The van der Waals surface area contributed by atoms with Gasteiger partial charge in [0, 0.05) is 60.4 Å². The molecule has 0 bridgehead atoms. The summed E-state index contributed by atoms with van der Waals surface area (Å²) in [7, 11) is -4.14. The molecule has 0 aromatic heterocycles. The zero-order valence-corrected chi connectivity index (χ0v) is 31.3. The van der Waals surface area contributed by atoms with E-state index in [-0.39, 0.29) is 4.90 Å². The summed E-state index contributed by atoms with van der Waals surface area (Å²) >= 11 is 7.34. The Morgan fingerprint density at radius 1 is 0.906 bits per heavy atom. The maximum atomic E-state index is 13.4. The van der Waals surface area contributed by atoms with Crippen LogP contribution in [-0.4, -0.2) is 64.4 Å². The van der Waals surface area contributed by atoms with E-state index in [0.717, 1.165) is 72.3 Å². The van der Waals surface area contributed by atoms with E-state index in [9.17, 15) is 13.2 Å². The number of aryl methyl sites for hydroxylation is 1. The van der Waals surface area contributed by atoms with E-state index in [1.165, 1.54) is 29.1 Å². The number of anilines is 2. The van der Waals surface area contributed by atoms with Gasteiger partial charge in [-0.05, 0) is 95.8 Å². The third-order valence-corrected chi connectivity index (χ3v) is 12.3. The van der Waals surface area contributed by atoms with Gasteiger partial charge in [-0.1, -0.05) is 66.2 Å². The first-order valence-electron chi connectivity index (χ1n) is 17.6. The van der Waals surface area contributed by atoms with Crippen molar-refractivity contribution in [2.24, 2.45) is 4.40 Å². The molecule has 5 aromatic rings. The molecule has 270 valence electrons. The summed E-state index contributed by atoms with van der Waals surface area (Å²) in [5, 5.41) is 0.729. The lowest BCUT2D eigenvalue weighted by Crippen LogP contribution is -2.54. The van der Waals surface area contributed by atoms with Crippen LogP contribution >= 0.6 is 23.5 Å². The number of carbonyl (C=O) groups is 1. The van der Waals surface area contributed by atoms with Gasteiger partial charge in [0.25, 0.3) is 15.9 Å². The summed E-state index contributed by atoms with van der Waals surface area (Å²) < 4.78 is 39.3. The predicted octanol–water partition coefficient (Wildman–Crippen LogP) is 7.70. The SMILES string of the molecule is O=C(NS(=O)(=O)c1ccc2c(c1)SN=CN2CCOc1ccccc1)c1ccc2c(c1)CC[C@H]1CN(Cc3ccccc3-c3ccc(Cl)cc3)CCN21. The van der Waals surface area contributed by atoms with Crippen molar-refractivity contribution in [3.63, 3.8) is 0 Å². The predicted molar refractivity (Wildman–Crippen MR) is 213 cm³/mol. The number of amides is 1. The summed E-state index contributed by atoms with van der Waals surface area (Å²) in [5.41, 5.74) is 7.00. The molecule has 8 rings (SSSR count). The number of fused-ring (bicyclic) bond motifs is 4. The van der Waals surface area contributed by atoms with E-state index in [1.807, 2.05) is 59.5 Å². The van der Waals surface area contributed by atoms with Gasteiger partial charge in [-0.15, -0.1) is 0 Å². The number of para-hydroxylation sites is 1. The monoisotopic (exact) mass is 763 g/mol. The average molecular weight is 764 g/mol. The van der Waals surface area contributed by atoms with Crippen molar-refractivity contribution in [3.05, 3.63) is 137 Å². The first kappa shape index (κ1) is 35.2. The number of nitrogens with one attached hydrogen (secondary N) is 1. The number of rotatable bonds is 10. The van der Waals surface area contributed by atoms with Crippen molar-refractivity contribution in [1.82, 2.24) is 9.62 Å². The van der Waals surface area contributed by atoms with Gasteiger partial charge < -0.3 is 14.5 Å². The van der Waals surface area contributed by atoms with Crippen LogP contribution < -0.4 is 19.3 Å². The van der Waals surface area contributed by atoms with E-state index in [0.29, 0.717) is 29.7 Å². The van der Waals surface area contributed by atoms with Gasteiger partial charge in [0.15, 0.2) is 0 Å². The van der Waals surface area contributed by atoms with Crippen LogP contribution in [0, 0.1) is 0 Å². The lowest BCUT2D eigenvalue weighted by atomic mass is 9.92. The maximum absolute atomic E-state index is 13.4. The minimum atomic E-state index is -4.14. The van der Waals surface area contributed by atoms with Crippen LogP contribution in [0.25, 0.3) is 11.1 Å². The fourth-order valence-electron chi connectivity index (χ4n) is 7.34. The molecule has 3 aliphatic heterocycles. The molecule has 1 atom stereocenters. The van der Waals surface area contributed by atoms with Crippen molar-refractivity contribution in [1.29, 1.82) is 0 Å². The lowest BCUT2D eigenvalue weighted by Gasteiger charge is -2.46. The minimum Gasteiger partial charge on any atom is -0.492 e. The van der Waals surface area contributed by atoms with Crippen LogP contribution in [0.1, 0.15) is 27.9 Å². The van der Waals surface area contributed by atoms with Crippen molar-refractivity contribution >= 4 is 57.2 Å². The molecular formula is C41H38ClN5O4S2. The summed E-state index contributed by atoms with van der Waals surface area (Å²) in [4.78, 5) is 20.9. The fraction of sp³-hybridized carbons (Fsp3) is 0.220. The number of hydrogen-bond acceptors (Lipinski definition) is 9. The Bertz CT molecular complexity index is 2270. The molecule has 53 heavy (non-hydrogen) atoms. The average Bonchev–Trinajstić information content (AvgIpc) is 3.18. The third-order valence-electron chi connectivity index (χ3n) is 9.99. The van der Waals surface area contributed by atoms with Gasteiger partial charge in [-0.2, -0.15) is 0 Å². The smallest absolute Gasteiger partial charge is 0.265 e. The summed E-state index contributed by atoms with van der Waals surface area (Å²) in [6.45, 7) is 4.55. The highest BCUT2D eigenvalue weighted by Gasteiger charge is 2.32. The summed E-state index contributed by atoms with van der Waals surface area (Å²) in [6.07, 6.45) is 3.48. The molecule has 3 heterocycles. The van der Waals surface area contributed by atoms with E-state index in [1.54, 1.807) is 24.5 Å². The topological polar surface area (TPSA) is 94.5 Å². The normalized spacial score (nSPS) is 16.7. The van der Waals surface area contributed by atoms with Crippen LogP contribution in [0.2, 0.25) is 5.02 Å². The molecule has 5 aromatic carbocycles. The fourth-order valence-corrected chi connectivity index (χ4v) is 9.27. The van der Waals surface area contributed by atoms with Gasteiger partial charge in [-0.25, -0.2) is 17.5 Å². The highest BCUT2D eigenvalue weighted by atomic mass is 35.5. The minimum absolute atomic E-state index is 0.00384. The van der Waals surface area contributed by atoms with Crippen molar-refractivity contribution in [2.75, 3.05) is 42.6 Å². The standard InChI is InChI=1S/C41H38ClN5O4S2/c42-33-14-10-29(11-15-33)37-9-5-4-6-32(37)26-45-20-21-47-34(27-45)16-12-30-24-31(13-18-38(30)47)41(48)44-53(49,50)36-17-19-39-40(25-36)52-43-28-46(39)22-23-51-35-7-2-1-3-8-35/h1-11,13-15,17-19,24-25,28,34H,12,16,20-23,26-27H2,(H,44,48)/t34-/m0/s1. The zero-order chi connectivity index (χ0) is 36.4. The first-order chi connectivity index (χ1) is 25.8. The van der Waals surface area contributed by atoms with Crippen molar-refractivity contribution in [3.8, 4) is 16.9 Å². The molecule has 1 amide bonds. The Kier molecular flexibility index (Phi) is 10.2. The second kappa shape index (κ2) is 15.3. The Morgan fingerprint density at radius 3 is 2.55 bits per heavy atom. The maximum Gasteiger partial charge on any atom is 0.265 e. The molecule has 0 radical (unpaired) electrons. The number of carbonyl (C=O) groups excluding carboxylic acids is 1. The van der Waals surface area contributed by atoms with E-state index in [2.05, 4.69) is 55.3 Å². The second-order valence-corrected chi connectivity index (χ2v) is 16.3. The molecule has 0 unspecified atom stereocenters. The van der Waals surface area contributed by atoms with E-state index >= 15 is 0 Å². The van der Waals surface area contributed by atoms with Crippen LogP contribution in [0.15, 0.2) is 129 Å². The Balaban J connectivity index is 0.897. The van der Waals surface area contributed by atoms with Crippen molar-refractivity contribution < 1.29 is 17.9 Å². The molecular weight excluding hydrogens is 726 g/mol. The molecule has 9 nitrogen and oxygen atoms in total. The molecule has 0 aliphatic carbocycles. The molecule has 3 aliphatic rings. The first-order valence-corrected chi connectivity index (χ1v) is 20.3. The summed E-state index contributed by atoms with van der Waals surface area (Å²) in [5.74, 6) is 0.126. The molecule has 1 fully saturated rings. The Morgan fingerprint density at radius 2 is 1.70 bits per heavy atom. The molecule has 1 N–H and O–H groups in total. The van der Waals surface area contributed by atoms with Crippen LogP contribution in [0.5, 0.6) is 5.75 Å². The number of ether oxygens (including phenoxy) is 1. The number of halogens is 1. The Hall–Kier alpha value is -4.81. The number of hydrogen-bond donors (Lipinski definition) is 1. The van der Waals surface area contributed by atoms with Gasteiger partial charge in [0.05, 0.1) is 22.0 Å². The number of benzene rings is 5. The number of piperazine rings is 1. The number of sulfonamides is 1. The molecule has 1 saturated heterocycles. The second-order valence-electron chi connectivity index (χ2n) is 13.4. The van der Waals surface area contributed by atoms with E-state index in [4.69, 9.17) is 16.3 Å².